The van der Waals surface area contributed by atoms with E-state index < -0.39 is 3.68 Å². The number of carbonyl (C=O) groups excluding carboxylic acids is 1. The zero-order valence-corrected chi connectivity index (χ0v) is 21.7. The first-order valence-corrected chi connectivity index (χ1v) is 12.6. The standard InChI is InChI=1S/C25H27FIN3OS/c1-6-23(31)29-12-20(19-11-16(4)32-22(19)14-29)17-9-7-8-10-18(17)21-13-30(15(2)3)28-24(21)25(5,26)27/h6-11,13,15,20H,1,12,14H2,2-5H3/t20-,25?/m0/s1. The molecule has 0 N–H and O–H groups in total. The third-order valence-electron chi connectivity index (χ3n) is 5.87. The van der Waals surface area contributed by atoms with Crippen LogP contribution < -0.4 is 0 Å². The lowest BCUT2D eigenvalue weighted by atomic mass is 9.83. The number of aromatic nitrogens is 2. The number of nitrogens with zero attached hydrogens (tertiary/aromatic N) is 3. The lowest BCUT2D eigenvalue weighted by Gasteiger charge is -2.33. The maximum absolute atomic E-state index is 15.2. The largest absolute Gasteiger partial charge is 0.333 e. The van der Waals surface area contributed by atoms with Gasteiger partial charge in [-0.15, -0.1) is 11.3 Å². The van der Waals surface area contributed by atoms with E-state index in [0.717, 1.165) is 16.7 Å². The van der Waals surface area contributed by atoms with Crippen LogP contribution in [0.2, 0.25) is 0 Å². The van der Waals surface area contributed by atoms with Gasteiger partial charge in [0.25, 0.3) is 0 Å². The van der Waals surface area contributed by atoms with Crippen molar-refractivity contribution in [3.63, 3.8) is 0 Å². The summed E-state index contributed by atoms with van der Waals surface area (Å²) in [6, 6.07) is 10.5. The molecule has 1 unspecified atom stereocenters. The minimum absolute atomic E-state index is 0.000807. The highest BCUT2D eigenvalue weighted by atomic mass is 127. The monoisotopic (exact) mass is 563 g/mol. The van der Waals surface area contributed by atoms with Gasteiger partial charge in [0.2, 0.25) is 9.58 Å². The van der Waals surface area contributed by atoms with E-state index in [-0.39, 0.29) is 17.9 Å². The number of fused-ring (bicyclic) bond motifs is 1. The molecule has 2 aromatic heterocycles. The van der Waals surface area contributed by atoms with Crippen molar-refractivity contribution in [1.82, 2.24) is 14.7 Å². The van der Waals surface area contributed by atoms with Crippen molar-refractivity contribution in [2.75, 3.05) is 6.54 Å². The number of hydrogen-bond donors (Lipinski definition) is 0. The van der Waals surface area contributed by atoms with E-state index in [9.17, 15) is 4.79 Å². The summed E-state index contributed by atoms with van der Waals surface area (Å²) < 4.78 is 15.4. The fourth-order valence-electron chi connectivity index (χ4n) is 4.34. The first-order chi connectivity index (χ1) is 15.1. The number of benzene rings is 1. The fraction of sp³-hybridized carbons (Fsp3) is 0.360. The lowest BCUT2D eigenvalue weighted by molar-refractivity contribution is -0.127. The molecule has 3 heterocycles. The van der Waals surface area contributed by atoms with Gasteiger partial charge in [-0.05, 0) is 79.1 Å². The maximum atomic E-state index is 15.2. The SMILES string of the molecule is C=CC(=O)N1Cc2sc(C)cc2[C@H](c2ccccc2-c2cn(C(C)C)nc2C(C)(F)I)C1. The molecule has 0 saturated carbocycles. The molecule has 1 aliphatic rings. The van der Waals surface area contributed by atoms with Gasteiger partial charge in [0, 0.05) is 40.0 Å². The molecule has 1 amide bonds. The van der Waals surface area contributed by atoms with Gasteiger partial charge in [-0.3, -0.25) is 9.48 Å². The average Bonchev–Trinajstić information content (AvgIpc) is 3.35. The lowest BCUT2D eigenvalue weighted by Crippen LogP contribution is -2.37. The Morgan fingerprint density at radius 3 is 2.72 bits per heavy atom. The van der Waals surface area contributed by atoms with Crippen molar-refractivity contribution in [2.45, 2.75) is 49.9 Å². The molecule has 7 heteroatoms. The number of hydrogen-bond acceptors (Lipinski definition) is 3. The van der Waals surface area contributed by atoms with Crippen molar-refractivity contribution in [1.29, 1.82) is 0 Å². The third-order valence-corrected chi connectivity index (χ3v) is 7.43. The summed E-state index contributed by atoms with van der Waals surface area (Å²) in [4.78, 5) is 16.8. The molecular formula is C25H27FIN3OS. The van der Waals surface area contributed by atoms with Gasteiger partial charge in [0.15, 0.2) is 0 Å². The molecule has 0 spiro atoms. The Bertz CT molecular complexity index is 1170. The third kappa shape index (κ3) is 4.29. The quantitative estimate of drug-likeness (QED) is 0.196. The van der Waals surface area contributed by atoms with E-state index in [4.69, 9.17) is 0 Å². The van der Waals surface area contributed by atoms with Gasteiger partial charge in [0.05, 0.1) is 6.54 Å². The van der Waals surface area contributed by atoms with Crippen LogP contribution in [-0.2, 0) is 15.0 Å². The van der Waals surface area contributed by atoms with Gasteiger partial charge in [-0.2, -0.15) is 5.10 Å². The molecule has 0 radical (unpaired) electrons. The Hall–Kier alpha value is -2.00. The summed E-state index contributed by atoms with van der Waals surface area (Å²) in [5.41, 5.74) is 4.52. The van der Waals surface area contributed by atoms with Crippen LogP contribution in [0.15, 0.2) is 49.2 Å². The predicted molar refractivity (Wildman–Crippen MR) is 137 cm³/mol. The summed E-state index contributed by atoms with van der Waals surface area (Å²) in [6.45, 7) is 12.6. The Morgan fingerprint density at radius 2 is 2.06 bits per heavy atom. The Kier molecular flexibility index (Phi) is 6.33. The van der Waals surface area contributed by atoms with Crippen LogP contribution in [0.3, 0.4) is 0 Å². The van der Waals surface area contributed by atoms with Crippen LogP contribution in [0.25, 0.3) is 11.1 Å². The summed E-state index contributed by atoms with van der Waals surface area (Å²) in [7, 11) is 0. The predicted octanol–water partition coefficient (Wildman–Crippen LogP) is 6.74. The summed E-state index contributed by atoms with van der Waals surface area (Å²) in [5, 5.41) is 4.61. The van der Waals surface area contributed by atoms with E-state index in [0.29, 0.717) is 18.8 Å². The Balaban J connectivity index is 1.90. The summed E-state index contributed by atoms with van der Waals surface area (Å²) in [5.74, 6) is -0.0692. The van der Waals surface area contributed by atoms with Crippen molar-refractivity contribution < 1.29 is 9.18 Å². The minimum Gasteiger partial charge on any atom is -0.333 e. The molecule has 0 aliphatic carbocycles. The smallest absolute Gasteiger partial charge is 0.246 e. The Labute approximate surface area is 206 Å². The van der Waals surface area contributed by atoms with Crippen LogP contribution in [0.5, 0.6) is 0 Å². The second-order valence-corrected chi connectivity index (χ2v) is 12.0. The highest BCUT2D eigenvalue weighted by molar-refractivity contribution is 14.1. The molecule has 1 aromatic carbocycles. The van der Waals surface area contributed by atoms with Crippen LogP contribution in [0.1, 0.15) is 59.3 Å². The van der Waals surface area contributed by atoms with E-state index in [1.54, 1.807) is 11.3 Å². The van der Waals surface area contributed by atoms with Gasteiger partial charge in [-0.1, -0.05) is 30.8 Å². The van der Waals surface area contributed by atoms with Crippen LogP contribution in [-0.4, -0.2) is 27.1 Å². The zero-order valence-electron chi connectivity index (χ0n) is 18.7. The number of alkyl halides is 2. The molecule has 1 aliphatic heterocycles. The van der Waals surface area contributed by atoms with Crippen molar-refractivity contribution in [2.24, 2.45) is 0 Å². The highest BCUT2D eigenvalue weighted by Gasteiger charge is 2.34. The fourth-order valence-corrected chi connectivity index (χ4v) is 5.86. The maximum Gasteiger partial charge on any atom is 0.246 e. The van der Waals surface area contributed by atoms with Crippen molar-refractivity contribution in [3.05, 3.63) is 75.8 Å². The van der Waals surface area contributed by atoms with Crippen LogP contribution >= 0.6 is 33.9 Å². The van der Waals surface area contributed by atoms with Gasteiger partial charge < -0.3 is 4.90 Å². The number of halogens is 2. The molecule has 0 saturated heterocycles. The van der Waals surface area contributed by atoms with Gasteiger partial charge in [0.1, 0.15) is 5.69 Å². The van der Waals surface area contributed by atoms with Crippen molar-refractivity contribution in [3.8, 4) is 11.1 Å². The molecule has 3 aromatic rings. The molecule has 0 fully saturated rings. The number of carbonyl (C=O) groups is 1. The number of aryl methyl sites for hydroxylation is 1. The number of thiophene rings is 1. The Morgan fingerprint density at radius 1 is 1.34 bits per heavy atom. The van der Waals surface area contributed by atoms with Crippen molar-refractivity contribution >= 4 is 39.8 Å². The minimum atomic E-state index is -1.61. The molecule has 0 bridgehead atoms. The van der Waals surface area contributed by atoms with E-state index in [1.165, 1.54) is 28.3 Å². The van der Waals surface area contributed by atoms with Gasteiger partial charge in [-0.25, -0.2) is 4.39 Å². The first-order valence-electron chi connectivity index (χ1n) is 10.7. The zero-order chi connectivity index (χ0) is 23.2. The summed E-state index contributed by atoms with van der Waals surface area (Å²) >= 11 is 3.54. The summed E-state index contributed by atoms with van der Waals surface area (Å²) in [6.07, 6.45) is 3.33. The first kappa shape index (κ1) is 23.2. The molecule has 2 atom stereocenters. The molecule has 32 heavy (non-hydrogen) atoms. The van der Waals surface area contributed by atoms with E-state index in [1.807, 2.05) is 70.4 Å². The van der Waals surface area contributed by atoms with E-state index >= 15 is 4.39 Å². The van der Waals surface area contributed by atoms with Crippen LogP contribution in [0.4, 0.5) is 4.39 Å². The van der Waals surface area contributed by atoms with Crippen LogP contribution in [0, 0.1) is 6.92 Å². The van der Waals surface area contributed by atoms with Gasteiger partial charge >= 0.3 is 0 Å². The molecular weight excluding hydrogens is 536 g/mol. The normalized spacial score (nSPS) is 17.8. The molecule has 4 rings (SSSR count). The van der Waals surface area contributed by atoms with E-state index in [2.05, 4.69) is 30.7 Å². The number of amides is 1. The second-order valence-electron chi connectivity index (χ2n) is 8.65. The molecule has 168 valence electrons. The average molecular weight is 563 g/mol. The molecule has 4 nitrogen and oxygen atoms in total. The second kappa shape index (κ2) is 8.74. The number of rotatable bonds is 5. The highest BCUT2D eigenvalue weighted by Crippen LogP contribution is 2.45. The topological polar surface area (TPSA) is 38.1 Å².